The summed E-state index contributed by atoms with van der Waals surface area (Å²) in [6, 6.07) is 19.6. The van der Waals surface area contributed by atoms with Gasteiger partial charge in [-0.25, -0.2) is 4.68 Å². The van der Waals surface area contributed by atoms with Crippen LogP contribution < -0.4 is 5.32 Å². The molecule has 0 atom stereocenters. The molecule has 0 spiro atoms. The first kappa shape index (κ1) is 21.3. The van der Waals surface area contributed by atoms with Crippen LogP contribution in [0.25, 0.3) is 27.8 Å². The van der Waals surface area contributed by atoms with Crippen molar-refractivity contribution in [3.05, 3.63) is 96.4 Å². The highest BCUT2D eigenvalue weighted by Gasteiger charge is 2.37. The smallest absolute Gasteiger partial charge is 0.305 e. The third kappa shape index (κ3) is 4.08. The van der Waals surface area contributed by atoms with Gasteiger partial charge in [0.2, 0.25) is 0 Å². The van der Waals surface area contributed by atoms with E-state index in [1.165, 1.54) is 24.5 Å². The number of benzene rings is 2. The third-order valence-electron chi connectivity index (χ3n) is 5.10. The minimum atomic E-state index is -4.67. The monoisotopic (exact) mass is 460 g/mol. The van der Waals surface area contributed by atoms with Crippen LogP contribution in [-0.4, -0.2) is 30.9 Å². The summed E-state index contributed by atoms with van der Waals surface area (Å²) in [5.74, 6) is -0.465. The Kier molecular flexibility index (Phi) is 5.25. The average Bonchev–Trinajstić information content (AvgIpc) is 3.31. The molecular formula is C24H15F3N6O. The number of fused-ring (bicyclic) bond motifs is 1. The molecular weight excluding hydrogens is 445 g/mol. The molecule has 0 saturated carbocycles. The van der Waals surface area contributed by atoms with Crippen molar-refractivity contribution in [2.75, 3.05) is 5.32 Å². The number of alkyl halides is 3. The predicted molar refractivity (Wildman–Crippen MR) is 119 cm³/mol. The number of carbonyl (C=O) groups is 1. The van der Waals surface area contributed by atoms with E-state index in [4.69, 9.17) is 0 Å². The summed E-state index contributed by atoms with van der Waals surface area (Å²) in [4.78, 5) is 16.7. The Morgan fingerprint density at radius 3 is 2.47 bits per heavy atom. The van der Waals surface area contributed by atoms with Crippen LogP contribution in [0.4, 0.5) is 19.0 Å². The highest BCUT2D eigenvalue weighted by atomic mass is 19.4. The maximum atomic E-state index is 13.6. The number of nitrogens with one attached hydrogen (secondary N) is 1. The highest BCUT2D eigenvalue weighted by Crippen LogP contribution is 2.33. The van der Waals surface area contributed by atoms with Crippen molar-refractivity contribution >= 4 is 22.5 Å². The number of rotatable bonds is 4. The summed E-state index contributed by atoms with van der Waals surface area (Å²) >= 11 is 0. The van der Waals surface area contributed by atoms with Crippen molar-refractivity contribution in [1.82, 2.24) is 25.0 Å². The SMILES string of the molecule is O=C(Nc1ccc(-n2nc(-c3cccnc3)cc2C(F)(F)F)nn1)c1cccc2ccccc12. The molecule has 0 aliphatic rings. The van der Waals surface area contributed by atoms with E-state index in [2.05, 4.69) is 25.6 Å². The van der Waals surface area contributed by atoms with Crippen LogP contribution in [0.5, 0.6) is 0 Å². The molecule has 168 valence electrons. The van der Waals surface area contributed by atoms with Crippen LogP contribution in [0.1, 0.15) is 16.1 Å². The fourth-order valence-electron chi connectivity index (χ4n) is 3.52. The lowest BCUT2D eigenvalue weighted by Gasteiger charge is -2.10. The lowest BCUT2D eigenvalue weighted by atomic mass is 10.0. The maximum absolute atomic E-state index is 13.6. The molecule has 1 N–H and O–H groups in total. The van der Waals surface area contributed by atoms with Gasteiger partial charge in [0.15, 0.2) is 17.3 Å². The third-order valence-corrected chi connectivity index (χ3v) is 5.10. The molecule has 0 saturated heterocycles. The van der Waals surface area contributed by atoms with E-state index in [0.717, 1.165) is 16.8 Å². The second-order valence-corrected chi connectivity index (χ2v) is 7.32. The maximum Gasteiger partial charge on any atom is 0.433 e. The molecule has 2 aromatic carbocycles. The van der Waals surface area contributed by atoms with Crippen molar-refractivity contribution in [3.63, 3.8) is 0 Å². The fourth-order valence-corrected chi connectivity index (χ4v) is 3.52. The van der Waals surface area contributed by atoms with Crippen molar-refractivity contribution in [2.24, 2.45) is 0 Å². The highest BCUT2D eigenvalue weighted by molar-refractivity contribution is 6.12. The molecule has 0 aliphatic carbocycles. The number of anilines is 1. The van der Waals surface area contributed by atoms with Gasteiger partial charge in [0.1, 0.15) is 0 Å². The number of hydrogen-bond acceptors (Lipinski definition) is 5. The number of halogens is 3. The Hall–Kier alpha value is -4.60. The first-order chi connectivity index (χ1) is 16.4. The first-order valence-corrected chi connectivity index (χ1v) is 10.1. The number of hydrogen-bond donors (Lipinski definition) is 1. The molecule has 0 aliphatic heterocycles. The lowest BCUT2D eigenvalue weighted by molar-refractivity contribution is -0.142. The van der Waals surface area contributed by atoms with E-state index in [0.29, 0.717) is 15.8 Å². The van der Waals surface area contributed by atoms with Crippen LogP contribution in [0.3, 0.4) is 0 Å². The van der Waals surface area contributed by atoms with E-state index < -0.39 is 17.8 Å². The first-order valence-electron chi connectivity index (χ1n) is 10.1. The van der Waals surface area contributed by atoms with Gasteiger partial charge in [-0.15, -0.1) is 10.2 Å². The number of carbonyl (C=O) groups excluding carboxylic acids is 1. The van der Waals surface area contributed by atoms with E-state index in [-0.39, 0.29) is 17.3 Å². The minimum Gasteiger partial charge on any atom is -0.305 e. The van der Waals surface area contributed by atoms with Gasteiger partial charge in [-0.05, 0) is 47.2 Å². The van der Waals surface area contributed by atoms with E-state index in [9.17, 15) is 18.0 Å². The summed E-state index contributed by atoms with van der Waals surface area (Å²) in [6.45, 7) is 0. The largest absolute Gasteiger partial charge is 0.433 e. The van der Waals surface area contributed by atoms with Crippen molar-refractivity contribution in [2.45, 2.75) is 6.18 Å². The zero-order valence-electron chi connectivity index (χ0n) is 17.4. The summed E-state index contributed by atoms with van der Waals surface area (Å²) in [5, 5.41) is 16.1. The van der Waals surface area contributed by atoms with Crippen molar-refractivity contribution < 1.29 is 18.0 Å². The van der Waals surface area contributed by atoms with Gasteiger partial charge < -0.3 is 5.32 Å². The lowest BCUT2D eigenvalue weighted by Crippen LogP contribution is -2.16. The number of aromatic nitrogens is 5. The molecule has 34 heavy (non-hydrogen) atoms. The standard InChI is InChI=1S/C24H15F3N6O/c25-24(26,27)20-13-19(16-7-4-12-28-14-16)32-33(20)22-11-10-21(30-31-22)29-23(34)18-9-3-6-15-5-1-2-8-17(15)18/h1-14H,(H,29,30,34). The molecule has 5 aromatic rings. The number of pyridine rings is 1. The number of nitrogens with zero attached hydrogens (tertiary/aromatic N) is 5. The van der Waals surface area contributed by atoms with E-state index >= 15 is 0 Å². The van der Waals surface area contributed by atoms with Gasteiger partial charge in [-0.3, -0.25) is 9.78 Å². The summed E-state index contributed by atoms with van der Waals surface area (Å²) in [7, 11) is 0. The molecule has 10 heteroatoms. The van der Waals surface area contributed by atoms with Crippen LogP contribution in [0, 0.1) is 0 Å². The molecule has 7 nitrogen and oxygen atoms in total. The Morgan fingerprint density at radius 1 is 0.912 bits per heavy atom. The van der Waals surface area contributed by atoms with Gasteiger partial charge in [0.05, 0.1) is 5.69 Å². The van der Waals surface area contributed by atoms with Gasteiger partial charge in [0, 0.05) is 23.5 Å². The second kappa shape index (κ2) is 8.39. The molecule has 0 fully saturated rings. The molecule has 5 rings (SSSR count). The van der Waals surface area contributed by atoms with Crippen molar-refractivity contribution in [3.8, 4) is 17.1 Å². The second-order valence-electron chi connectivity index (χ2n) is 7.32. The predicted octanol–water partition coefficient (Wildman–Crippen LogP) is 5.15. The van der Waals surface area contributed by atoms with E-state index in [1.807, 2.05) is 30.3 Å². The van der Waals surface area contributed by atoms with E-state index in [1.54, 1.807) is 24.3 Å². The van der Waals surface area contributed by atoms with Crippen LogP contribution in [0.15, 0.2) is 85.2 Å². The molecule has 0 bridgehead atoms. The van der Waals surface area contributed by atoms with Crippen LogP contribution in [0.2, 0.25) is 0 Å². The Labute approximate surface area is 190 Å². The summed E-state index contributed by atoms with van der Waals surface area (Å²) in [6.07, 6.45) is -1.73. The summed E-state index contributed by atoms with van der Waals surface area (Å²) < 4.78 is 41.6. The molecule has 3 heterocycles. The normalized spacial score (nSPS) is 11.5. The molecule has 1 amide bonds. The molecule has 0 unspecified atom stereocenters. The van der Waals surface area contributed by atoms with Gasteiger partial charge >= 0.3 is 6.18 Å². The Balaban J connectivity index is 1.44. The Morgan fingerprint density at radius 2 is 1.74 bits per heavy atom. The topological polar surface area (TPSA) is 85.6 Å². The number of amides is 1. The van der Waals surface area contributed by atoms with Crippen LogP contribution >= 0.6 is 0 Å². The van der Waals surface area contributed by atoms with Gasteiger partial charge in [-0.1, -0.05) is 36.4 Å². The summed E-state index contributed by atoms with van der Waals surface area (Å²) in [5.41, 5.74) is -0.0426. The van der Waals surface area contributed by atoms with Gasteiger partial charge in [-0.2, -0.15) is 18.3 Å². The zero-order valence-corrected chi connectivity index (χ0v) is 17.4. The Bertz CT molecular complexity index is 1480. The van der Waals surface area contributed by atoms with Gasteiger partial charge in [0.25, 0.3) is 5.91 Å². The minimum absolute atomic E-state index is 0.0925. The zero-order chi connectivity index (χ0) is 23.7. The fraction of sp³-hybridized carbons (Fsp3) is 0.0417. The molecule has 0 radical (unpaired) electrons. The van der Waals surface area contributed by atoms with Crippen molar-refractivity contribution in [1.29, 1.82) is 0 Å². The van der Waals surface area contributed by atoms with Crippen LogP contribution in [-0.2, 0) is 6.18 Å². The quantitative estimate of drug-likeness (QED) is 0.401. The molecule has 3 aromatic heterocycles. The average molecular weight is 460 g/mol.